The van der Waals surface area contributed by atoms with Crippen molar-refractivity contribution in [3.63, 3.8) is 0 Å². The van der Waals surface area contributed by atoms with Crippen LogP contribution in [0.15, 0.2) is 9.32 Å². The Bertz CT molecular complexity index is 263. The van der Waals surface area contributed by atoms with Crippen molar-refractivity contribution in [2.24, 2.45) is 0 Å². The summed E-state index contributed by atoms with van der Waals surface area (Å²) in [5.74, 6) is 0.113. The maximum absolute atomic E-state index is 10.4. The molecule has 0 aliphatic carbocycles. The summed E-state index contributed by atoms with van der Waals surface area (Å²) in [7, 11) is 3.91. The highest BCUT2D eigenvalue weighted by Crippen LogP contribution is 1.87. The van der Waals surface area contributed by atoms with E-state index in [4.69, 9.17) is 0 Å². The molecule has 0 atom stereocenters. The van der Waals surface area contributed by atoms with E-state index in [0.717, 1.165) is 6.54 Å². The molecule has 0 aromatic carbocycles. The van der Waals surface area contributed by atoms with Crippen LogP contribution < -0.4 is 5.76 Å². The molecule has 0 spiro atoms. The molecule has 0 aliphatic heterocycles. The number of H-pyrrole nitrogens is 1. The SMILES string of the molecule is CN(C)CCc1noc(=O)[nH]1. The first-order valence-corrected chi connectivity index (χ1v) is 3.38. The molecule has 0 saturated carbocycles. The van der Waals surface area contributed by atoms with Gasteiger partial charge in [-0.1, -0.05) is 5.16 Å². The summed E-state index contributed by atoms with van der Waals surface area (Å²) >= 11 is 0. The number of nitrogens with one attached hydrogen (secondary N) is 1. The van der Waals surface area contributed by atoms with Gasteiger partial charge in [0, 0.05) is 13.0 Å². The minimum absolute atomic E-state index is 0.487. The van der Waals surface area contributed by atoms with Crippen LogP contribution >= 0.6 is 0 Å². The molecule has 5 nitrogen and oxygen atoms in total. The molecule has 0 amide bonds. The maximum Gasteiger partial charge on any atom is 0.438 e. The lowest BCUT2D eigenvalue weighted by molar-refractivity contribution is 0.371. The molecule has 0 unspecified atom stereocenters. The molecule has 0 fully saturated rings. The fourth-order valence-corrected chi connectivity index (χ4v) is 0.698. The van der Waals surface area contributed by atoms with E-state index in [1.165, 1.54) is 0 Å². The summed E-state index contributed by atoms with van der Waals surface area (Å²) < 4.78 is 4.32. The Morgan fingerprint density at radius 3 is 2.82 bits per heavy atom. The molecular weight excluding hydrogens is 146 g/mol. The lowest BCUT2D eigenvalue weighted by atomic mass is 10.4. The van der Waals surface area contributed by atoms with Crippen molar-refractivity contribution in [1.82, 2.24) is 15.0 Å². The predicted molar refractivity (Wildman–Crippen MR) is 39.4 cm³/mol. The second-order valence-electron chi connectivity index (χ2n) is 2.60. The highest BCUT2D eigenvalue weighted by atomic mass is 16.5. The minimum atomic E-state index is -0.487. The number of hydrogen-bond donors (Lipinski definition) is 1. The number of nitrogens with zero attached hydrogens (tertiary/aromatic N) is 2. The first-order valence-electron chi connectivity index (χ1n) is 3.38. The largest absolute Gasteiger partial charge is 0.438 e. The van der Waals surface area contributed by atoms with Crippen molar-refractivity contribution in [1.29, 1.82) is 0 Å². The topological polar surface area (TPSA) is 62.1 Å². The Balaban J connectivity index is 2.45. The third-order valence-corrected chi connectivity index (χ3v) is 1.28. The van der Waals surface area contributed by atoms with Gasteiger partial charge in [-0.2, -0.15) is 0 Å². The van der Waals surface area contributed by atoms with E-state index in [9.17, 15) is 4.79 Å². The van der Waals surface area contributed by atoms with E-state index in [0.29, 0.717) is 12.2 Å². The summed E-state index contributed by atoms with van der Waals surface area (Å²) in [6, 6.07) is 0. The van der Waals surface area contributed by atoms with Gasteiger partial charge in [-0.3, -0.25) is 9.51 Å². The van der Waals surface area contributed by atoms with Gasteiger partial charge < -0.3 is 4.90 Å². The van der Waals surface area contributed by atoms with Gasteiger partial charge in [-0.15, -0.1) is 0 Å². The van der Waals surface area contributed by atoms with Crippen molar-refractivity contribution in [3.8, 4) is 0 Å². The zero-order valence-corrected chi connectivity index (χ0v) is 6.63. The van der Waals surface area contributed by atoms with E-state index >= 15 is 0 Å². The van der Waals surface area contributed by atoms with Crippen molar-refractivity contribution < 1.29 is 4.52 Å². The number of rotatable bonds is 3. The molecule has 5 heteroatoms. The van der Waals surface area contributed by atoms with Crippen LogP contribution in [0.4, 0.5) is 0 Å². The van der Waals surface area contributed by atoms with Gasteiger partial charge in [0.05, 0.1) is 0 Å². The summed E-state index contributed by atoms with van der Waals surface area (Å²) in [6.07, 6.45) is 0.707. The van der Waals surface area contributed by atoms with Crippen LogP contribution in [0.3, 0.4) is 0 Å². The lowest BCUT2D eigenvalue weighted by Gasteiger charge is -2.05. The second kappa shape index (κ2) is 3.34. The van der Waals surface area contributed by atoms with E-state index < -0.39 is 5.76 Å². The predicted octanol–water partition coefficient (Wildman–Crippen LogP) is -0.533. The van der Waals surface area contributed by atoms with E-state index in [-0.39, 0.29) is 0 Å². The standard InChI is InChI=1S/C6H11N3O2/c1-9(2)4-3-5-7-6(10)11-8-5/h3-4H2,1-2H3,(H,7,8,10). The quantitative estimate of drug-likeness (QED) is 0.640. The summed E-state index contributed by atoms with van der Waals surface area (Å²) in [5, 5.41) is 3.52. The molecule has 62 valence electrons. The fraction of sp³-hybridized carbons (Fsp3) is 0.667. The molecule has 1 aromatic heterocycles. The van der Waals surface area contributed by atoms with Crippen molar-refractivity contribution >= 4 is 0 Å². The summed E-state index contributed by atoms with van der Waals surface area (Å²) in [6.45, 7) is 0.850. The summed E-state index contributed by atoms with van der Waals surface area (Å²) in [4.78, 5) is 14.9. The van der Waals surface area contributed by atoms with Gasteiger partial charge in [0.2, 0.25) is 0 Å². The van der Waals surface area contributed by atoms with Crippen molar-refractivity contribution in [2.75, 3.05) is 20.6 Å². The van der Waals surface area contributed by atoms with Crippen LogP contribution in [0.2, 0.25) is 0 Å². The Morgan fingerprint density at radius 1 is 1.64 bits per heavy atom. The van der Waals surface area contributed by atoms with Gasteiger partial charge in [0.15, 0.2) is 5.82 Å². The van der Waals surface area contributed by atoms with Crippen LogP contribution in [0.5, 0.6) is 0 Å². The average Bonchev–Trinajstić information content (AvgIpc) is 2.31. The normalized spacial score (nSPS) is 10.8. The first kappa shape index (κ1) is 8.00. The maximum atomic E-state index is 10.4. The molecule has 1 N–H and O–H groups in total. The highest BCUT2D eigenvalue weighted by Gasteiger charge is 1.99. The van der Waals surface area contributed by atoms with Crippen LogP contribution in [0.1, 0.15) is 5.82 Å². The Hall–Kier alpha value is -1.10. The molecular formula is C6H11N3O2. The molecule has 0 bridgehead atoms. The van der Waals surface area contributed by atoms with Crippen LogP contribution in [0.25, 0.3) is 0 Å². The molecule has 0 aliphatic rings. The molecule has 0 radical (unpaired) electrons. The average molecular weight is 157 g/mol. The van der Waals surface area contributed by atoms with Crippen molar-refractivity contribution in [3.05, 3.63) is 16.4 Å². The van der Waals surface area contributed by atoms with Gasteiger partial charge in [-0.25, -0.2) is 4.79 Å². The molecule has 1 rings (SSSR count). The zero-order chi connectivity index (χ0) is 8.27. The number of hydrogen-bond acceptors (Lipinski definition) is 4. The van der Waals surface area contributed by atoms with Crippen LogP contribution in [-0.4, -0.2) is 35.7 Å². The Kier molecular flexibility index (Phi) is 2.43. The zero-order valence-electron chi connectivity index (χ0n) is 6.63. The van der Waals surface area contributed by atoms with Crippen LogP contribution in [0, 0.1) is 0 Å². The highest BCUT2D eigenvalue weighted by molar-refractivity contribution is 4.78. The number of aromatic amines is 1. The first-order chi connectivity index (χ1) is 5.18. The van der Waals surface area contributed by atoms with E-state index in [2.05, 4.69) is 14.7 Å². The van der Waals surface area contributed by atoms with Gasteiger partial charge >= 0.3 is 5.76 Å². The third kappa shape index (κ3) is 2.55. The number of aromatic nitrogens is 2. The van der Waals surface area contributed by atoms with Crippen molar-refractivity contribution in [2.45, 2.75) is 6.42 Å². The van der Waals surface area contributed by atoms with Gasteiger partial charge in [-0.05, 0) is 14.1 Å². The Labute approximate surface area is 64.0 Å². The van der Waals surface area contributed by atoms with Gasteiger partial charge in [0.1, 0.15) is 0 Å². The monoisotopic (exact) mass is 157 g/mol. The molecule has 1 heterocycles. The number of likely N-dealkylation sites (N-methyl/N-ethyl adjacent to an activating group) is 1. The fourth-order valence-electron chi connectivity index (χ4n) is 0.698. The third-order valence-electron chi connectivity index (χ3n) is 1.28. The van der Waals surface area contributed by atoms with Crippen LogP contribution in [-0.2, 0) is 6.42 Å². The second-order valence-corrected chi connectivity index (χ2v) is 2.60. The van der Waals surface area contributed by atoms with Gasteiger partial charge in [0.25, 0.3) is 0 Å². The van der Waals surface area contributed by atoms with E-state index in [1.807, 2.05) is 19.0 Å². The Morgan fingerprint density at radius 2 is 2.36 bits per heavy atom. The molecule has 0 saturated heterocycles. The molecule has 1 aromatic rings. The lowest BCUT2D eigenvalue weighted by Crippen LogP contribution is -2.15. The smallest absolute Gasteiger partial charge is 0.309 e. The minimum Gasteiger partial charge on any atom is -0.309 e. The van der Waals surface area contributed by atoms with E-state index in [1.54, 1.807) is 0 Å². The molecule has 11 heavy (non-hydrogen) atoms. The summed E-state index contributed by atoms with van der Waals surface area (Å²) in [5.41, 5.74) is 0.